The summed E-state index contributed by atoms with van der Waals surface area (Å²) in [7, 11) is 0. The van der Waals surface area contributed by atoms with Gasteiger partial charge in [-0.2, -0.15) is 0 Å². The molecule has 14 heavy (non-hydrogen) atoms. The minimum absolute atomic E-state index is 0.701. The van der Waals surface area contributed by atoms with Gasteiger partial charge in [-0.25, -0.2) is 9.29 Å². The first-order chi connectivity index (χ1) is 6.90. The number of hydrogen-bond donors (Lipinski definition) is 1. The van der Waals surface area contributed by atoms with Crippen molar-refractivity contribution < 1.29 is 0 Å². The molecule has 0 aromatic carbocycles. The Morgan fingerprint density at radius 1 is 1.64 bits per heavy atom. The summed E-state index contributed by atoms with van der Waals surface area (Å²) in [5, 5.41) is 7.65. The van der Waals surface area contributed by atoms with Gasteiger partial charge in [0.15, 0.2) is 0 Å². The highest BCUT2D eigenvalue weighted by molar-refractivity contribution is 7.96. The molecule has 1 aliphatic rings. The van der Waals surface area contributed by atoms with Gasteiger partial charge in [0.25, 0.3) is 0 Å². The topological polar surface area (TPSA) is 44.8 Å². The first-order valence-electron chi connectivity index (χ1n) is 5.20. The fourth-order valence-electron chi connectivity index (χ4n) is 1.85. The molecule has 2 rings (SSSR count). The van der Waals surface area contributed by atoms with Crippen LogP contribution >= 0.6 is 11.9 Å². The van der Waals surface area contributed by atoms with Crippen LogP contribution in [0.4, 0.5) is 0 Å². The standard InChI is InChI=1S/C9H16N4S/c1-2-8-5-3-4-6-13(8)14-9-10-7-11-12-9/h7-8H,2-6H2,1H3,(H,10,11,12). The van der Waals surface area contributed by atoms with Crippen molar-refractivity contribution in [1.29, 1.82) is 0 Å². The van der Waals surface area contributed by atoms with Crippen LogP contribution in [0.3, 0.4) is 0 Å². The second-order valence-electron chi connectivity index (χ2n) is 3.57. The van der Waals surface area contributed by atoms with Crippen molar-refractivity contribution in [3.05, 3.63) is 6.33 Å². The second kappa shape index (κ2) is 4.79. The third-order valence-corrected chi connectivity index (χ3v) is 3.71. The summed E-state index contributed by atoms with van der Waals surface area (Å²) < 4.78 is 2.42. The molecular formula is C9H16N4S. The van der Waals surface area contributed by atoms with Crippen LogP contribution in [0.25, 0.3) is 0 Å². The molecule has 0 radical (unpaired) electrons. The van der Waals surface area contributed by atoms with Gasteiger partial charge in [-0.3, -0.25) is 5.10 Å². The lowest BCUT2D eigenvalue weighted by molar-refractivity contribution is 0.267. The molecule has 4 nitrogen and oxygen atoms in total. The molecule has 0 spiro atoms. The smallest absolute Gasteiger partial charge is 0.223 e. The third-order valence-electron chi connectivity index (χ3n) is 2.64. The summed E-state index contributed by atoms with van der Waals surface area (Å²) in [6, 6.07) is 0.701. The van der Waals surface area contributed by atoms with Crippen molar-refractivity contribution in [1.82, 2.24) is 19.5 Å². The van der Waals surface area contributed by atoms with E-state index in [9.17, 15) is 0 Å². The van der Waals surface area contributed by atoms with E-state index >= 15 is 0 Å². The molecule has 1 fully saturated rings. The summed E-state index contributed by atoms with van der Waals surface area (Å²) in [6.45, 7) is 3.42. The first kappa shape index (κ1) is 9.98. The zero-order valence-corrected chi connectivity index (χ0v) is 9.26. The SMILES string of the molecule is CCC1CCCCN1Sc1nc[nH]n1. The van der Waals surface area contributed by atoms with E-state index in [1.165, 1.54) is 25.7 Å². The van der Waals surface area contributed by atoms with Crippen LogP contribution < -0.4 is 0 Å². The Morgan fingerprint density at radius 3 is 3.29 bits per heavy atom. The molecule has 1 N–H and O–H groups in total. The first-order valence-corrected chi connectivity index (χ1v) is 5.98. The molecule has 0 bridgehead atoms. The Labute approximate surface area is 88.6 Å². The largest absolute Gasteiger partial charge is 0.265 e. The van der Waals surface area contributed by atoms with Crippen molar-refractivity contribution >= 4 is 11.9 Å². The van der Waals surface area contributed by atoms with Crippen molar-refractivity contribution in [2.75, 3.05) is 6.54 Å². The fourth-order valence-corrected chi connectivity index (χ4v) is 2.88. The average Bonchev–Trinajstić information content (AvgIpc) is 2.71. The predicted octanol–water partition coefficient (Wildman–Crippen LogP) is 2.08. The van der Waals surface area contributed by atoms with E-state index in [1.807, 2.05) is 0 Å². The Bertz CT molecular complexity index is 262. The molecule has 1 saturated heterocycles. The number of piperidine rings is 1. The van der Waals surface area contributed by atoms with Gasteiger partial charge in [0.2, 0.25) is 5.16 Å². The highest BCUT2D eigenvalue weighted by Crippen LogP contribution is 2.29. The minimum atomic E-state index is 0.701. The fraction of sp³-hybridized carbons (Fsp3) is 0.778. The van der Waals surface area contributed by atoms with Crippen molar-refractivity contribution in [3.63, 3.8) is 0 Å². The van der Waals surface area contributed by atoms with Crippen LogP contribution in [-0.2, 0) is 0 Å². The number of aromatic amines is 1. The van der Waals surface area contributed by atoms with Gasteiger partial charge >= 0.3 is 0 Å². The number of rotatable bonds is 3. The molecule has 1 aromatic heterocycles. The van der Waals surface area contributed by atoms with Crippen LogP contribution in [0.1, 0.15) is 32.6 Å². The van der Waals surface area contributed by atoms with Crippen molar-refractivity contribution in [2.45, 2.75) is 43.8 Å². The van der Waals surface area contributed by atoms with Gasteiger partial charge in [0, 0.05) is 24.5 Å². The number of nitrogens with zero attached hydrogens (tertiary/aromatic N) is 3. The Hall–Kier alpha value is -0.550. The van der Waals surface area contributed by atoms with Gasteiger partial charge in [0.1, 0.15) is 6.33 Å². The molecule has 0 aliphatic carbocycles. The second-order valence-corrected chi connectivity index (χ2v) is 4.59. The molecule has 0 saturated carbocycles. The minimum Gasteiger partial charge on any atom is -0.265 e. The van der Waals surface area contributed by atoms with E-state index in [-0.39, 0.29) is 0 Å². The molecule has 5 heteroatoms. The summed E-state index contributed by atoms with van der Waals surface area (Å²) >= 11 is 1.68. The van der Waals surface area contributed by atoms with E-state index in [0.29, 0.717) is 6.04 Å². The Morgan fingerprint density at radius 2 is 2.57 bits per heavy atom. The van der Waals surface area contributed by atoms with Gasteiger partial charge in [-0.1, -0.05) is 13.3 Å². The molecule has 78 valence electrons. The Balaban J connectivity index is 1.94. The van der Waals surface area contributed by atoms with Crippen LogP contribution in [0.5, 0.6) is 0 Å². The lowest BCUT2D eigenvalue weighted by atomic mass is 10.0. The highest BCUT2D eigenvalue weighted by Gasteiger charge is 2.22. The molecule has 1 aromatic rings. The van der Waals surface area contributed by atoms with Gasteiger partial charge < -0.3 is 0 Å². The molecule has 1 atom stereocenters. The summed E-state index contributed by atoms with van der Waals surface area (Å²) in [4.78, 5) is 4.13. The van der Waals surface area contributed by atoms with Crippen LogP contribution in [0.15, 0.2) is 11.5 Å². The lowest BCUT2D eigenvalue weighted by Crippen LogP contribution is -2.33. The van der Waals surface area contributed by atoms with Crippen LogP contribution in [0, 0.1) is 0 Å². The number of aromatic nitrogens is 3. The molecule has 1 unspecified atom stereocenters. The van der Waals surface area contributed by atoms with Crippen molar-refractivity contribution in [3.8, 4) is 0 Å². The number of hydrogen-bond acceptors (Lipinski definition) is 4. The average molecular weight is 212 g/mol. The van der Waals surface area contributed by atoms with E-state index in [1.54, 1.807) is 18.3 Å². The van der Waals surface area contributed by atoms with Gasteiger partial charge in [-0.05, 0) is 19.3 Å². The number of nitrogens with one attached hydrogen (secondary N) is 1. The zero-order chi connectivity index (χ0) is 9.80. The molecular weight excluding hydrogens is 196 g/mol. The maximum absolute atomic E-state index is 4.13. The summed E-state index contributed by atoms with van der Waals surface area (Å²) in [5.41, 5.74) is 0. The monoisotopic (exact) mass is 212 g/mol. The van der Waals surface area contributed by atoms with Crippen LogP contribution in [-0.4, -0.2) is 32.1 Å². The zero-order valence-electron chi connectivity index (χ0n) is 8.44. The van der Waals surface area contributed by atoms with Gasteiger partial charge in [0.05, 0.1) is 0 Å². The normalized spacial score (nSPS) is 23.9. The predicted molar refractivity (Wildman–Crippen MR) is 56.9 cm³/mol. The summed E-state index contributed by atoms with van der Waals surface area (Å²) in [6.07, 6.45) is 6.83. The van der Waals surface area contributed by atoms with E-state index < -0.39 is 0 Å². The van der Waals surface area contributed by atoms with E-state index in [2.05, 4.69) is 26.4 Å². The maximum atomic E-state index is 4.13. The quantitative estimate of drug-likeness (QED) is 0.779. The lowest BCUT2D eigenvalue weighted by Gasteiger charge is -2.32. The Kier molecular flexibility index (Phi) is 3.42. The van der Waals surface area contributed by atoms with E-state index in [4.69, 9.17) is 0 Å². The molecule has 1 aliphatic heterocycles. The molecule has 0 amide bonds. The molecule has 2 heterocycles. The summed E-state index contributed by atoms with van der Waals surface area (Å²) in [5.74, 6) is 0. The van der Waals surface area contributed by atoms with Gasteiger partial charge in [-0.15, -0.1) is 5.10 Å². The maximum Gasteiger partial charge on any atom is 0.223 e. The highest BCUT2D eigenvalue weighted by atomic mass is 32.2. The third kappa shape index (κ3) is 2.27. The van der Waals surface area contributed by atoms with Crippen LogP contribution in [0.2, 0.25) is 0 Å². The van der Waals surface area contributed by atoms with E-state index in [0.717, 1.165) is 11.7 Å². The van der Waals surface area contributed by atoms with Crippen molar-refractivity contribution in [2.24, 2.45) is 0 Å². The number of H-pyrrole nitrogens is 1.